The Balaban J connectivity index is 2.11. The van der Waals surface area contributed by atoms with E-state index in [0.29, 0.717) is 18.7 Å². The van der Waals surface area contributed by atoms with Crippen LogP contribution in [0.3, 0.4) is 0 Å². The number of amides is 1. The second kappa shape index (κ2) is 6.53. The quantitative estimate of drug-likeness (QED) is 0.875. The van der Waals surface area contributed by atoms with Crippen molar-refractivity contribution >= 4 is 15.9 Å². The predicted molar refractivity (Wildman–Crippen MR) is 80.3 cm³/mol. The number of nitrogens with zero attached hydrogens (tertiary/aromatic N) is 2. The Labute approximate surface area is 125 Å². The fourth-order valence-electron chi connectivity index (χ4n) is 2.79. The highest BCUT2D eigenvalue weighted by atomic mass is 32.2. The molecule has 1 amide bonds. The molecule has 1 aromatic heterocycles. The van der Waals surface area contributed by atoms with Gasteiger partial charge in [-0.2, -0.15) is 0 Å². The first kappa shape index (κ1) is 15.9. The van der Waals surface area contributed by atoms with Crippen LogP contribution in [0.25, 0.3) is 0 Å². The fraction of sp³-hybridized carbons (Fsp3) is 0.571. The SMILES string of the molecule is CCCC1CN(C(=O)c2ccncc2)CC1NS(C)(=O)=O. The molecule has 1 N–H and O–H groups in total. The lowest BCUT2D eigenvalue weighted by molar-refractivity contribution is 0.0785. The second-order valence-corrected chi connectivity index (χ2v) is 7.27. The highest BCUT2D eigenvalue weighted by molar-refractivity contribution is 7.88. The van der Waals surface area contributed by atoms with Gasteiger partial charge in [0.25, 0.3) is 5.91 Å². The zero-order valence-corrected chi connectivity index (χ0v) is 13.1. The molecule has 6 nitrogen and oxygen atoms in total. The highest BCUT2D eigenvalue weighted by Crippen LogP contribution is 2.23. The van der Waals surface area contributed by atoms with Crippen LogP contribution in [0.2, 0.25) is 0 Å². The molecule has 7 heteroatoms. The summed E-state index contributed by atoms with van der Waals surface area (Å²) in [5, 5.41) is 0. The molecule has 21 heavy (non-hydrogen) atoms. The third kappa shape index (κ3) is 4.25. The van der Waals surface area contributed by atoms with E-state index in [1.54, 1.807) is 29.4 Å². The molecule has 2 heterocycles. The Hall–Kier alpha value is -1.47. The van der Waals surface area contributed by atoms with Gasteiger partial charge < -0.3 is 4.90 Å². The van der Waals surface area contributed by atoms with Gasteiger partial charge in [-0.25, -0.2) is 13.1 Å². The predicted octanol–water partition coefficient (Wildman–Crippen LogP) is 0.872. The summed E-state index contributed by atoms with van der Waals surface area (Å²) in [6, 6.07) is 3.15. The van der Waals surface area contributed by atoms with Crippen molar-refractivity contribution in [3.63, 3.8) is 0 Å². The summed E-state index contributed by atoms with van der Waals surface area (Å²) >= 11 is 0. The average Bonchev–Trinajstić information content (AvgIpc) is 2.80. The number of sulfonamides is 1. The van der Waals surface area contributed by atoms with Gasteiger partial charge >= 0.3 is 0 Å². The standard InChI is InChI=1S/C14H21N3O3S/c1-3-4-12-9-17(10-13(12)16-21(2,19)20)14(18)11-5-7-15-8-6-11/h5-8,12-13,16H,3-4,9-10H2,1-2H3. The molecule has 1 aromatic rings. The minimum Gasteiger partial charge on any atom is -0.337 e. The van der Waals surface area contributed by atoms with E-state index in [9.17, 15) is 13.2 Å². The molecule has 0 radical (unpaired) electrons. The molecule has 2 atom stereocenters. The molecule has 0 aliphatic carbocycles. The minimum atomic E-state index is -3.27. The number of carbonyl (C=O) groups excluding carboxylic acids is 1. The van der Waals surface area contributed by atoms with E-state index in [2.05, 4.69) is 16.6 Å². The van der Waals surface area contributed by atoms with E-state index in [-0.39, 0.29) is 17.9 Å². The first-order valence-corrected chi connectivity index (χ1v) is 8.96. The second-order valence-electron chi connectivity index (χ2n) is 5.49. The Bertz CT molecular complexity index is 589. The van der Waals surface area contributed by atoms with E-state index in [1.165, 1.54) is 0 Å². The molecule has 2 unspecified atom stereocenters. The maximum Gasteiger partial charge on any atom is 0.254 e. The van der Waals surface area contributed by atoms with Crippen LogP contribution in [0.15, 0.2) is 24.5 Å². The molecule has 0 aromatic carbocycles. The largest absolute Gasteiger partial charge is 0.337 e. The number of nitrogens with one attached hydrogen (secondary N) is 1. The fourth-order valence-corrected chi connectivity index (χ4v) is 3.60. The summed E-state index contributed by atoms with van der Waals surface area (Å²) in [6.07, 6.45) is 6.18. The summed E-state index contributed by atoms with van der Waals surface area (Å²) in [6.45, 7) is 3.06. The number of hydrogen-bond donors (Lipinski definition) is 1. The van der Waals surface area contributed by atoms with Crippen LogP contribution >= 0.6 is 0 Å². The number of aromatic nitrogens is 1. The van der Waals surface area contributed by atoms with Crippen LogP contribution in [0, 0.1) is 5.92 Å². The van der Waals surface area contributed by atoms with Gasteiger partial charge in [0, 0.05) is 37.1 Å². The molecule has 1 aliphatic heterocycles. The van der Waals surface area contributed by atoms with Crippen LogP contribution < -0.4 is 4.72 Å². The van der Waals surface area contributed by atoms with E-state index >= 15 is 0 Å². The zero-order chi connectivity index (χ0) is 15.5. The van der Waals surface area contributed by atoms with Crippen molar-refractivity contribution in [2.75, 3.05) is 19.3 Å². The molecule has 1 saturated heterocycles. The Kier molecular flexibility index (Phi) is 4.95. The van der Waals surface area contributed by atoms with Crippen molar-refractivity contribution in [2.24, 2.45) is 5.92 Å². The first-order valence-electron chi connectivity index (χ1n) is 7.07. The molecule has 0 saturated carbocycles. The third-order valence-electron chi connectivity index (χ3n) is 3.68. The van der Waals surface area contributed by atoms with Crippen molar-refractivity contribution in [3.8, 4) is 0 Å². The Morgan fingerprint density at radius 2 is 2.05 bits per heavy atom. The van der Waals surface area contributed by atoms with E-state index in [4.69, 9.17) is 0 Å². The molecular formula is C14H21N3O3S. The molecule has 0 bridgehead atoms. The van der Waals surface area contributed by atoms with Gasteiger partial charge in [0.05, 0.1) is 6.26 Å². The number of carbonyl (C=O) groups is 1. The number of pyridine rings is 1. The summed E-state index contributed by atoms with van der Waals surface area (Å²) in [5.74, 6) is 0.0896. The molecule has 1 fully saturated rings. The van der Waals surface area contributed by atoms with Crippen LogP contribution in [0.5, 0.6) is 0 Å². The summed E-state index contributed by atoms with van der Waals surface area (Å²) < 4.78 is 25.6. The van der Waals surface area contributed by atoms with Crippen molar-refractivity contribution in [3.05, 3.63) is 30.1 Å². The first-order chi connectivity index (χ1) is 9.90. The maximum atomic E-state index is 12.4. The number of likely N-dealkylation sites (tertiary alicyclic amines) is 1. The van der Waals surface area contributed by atoms with Crippen molar-refractivity contribution in [1.29, 1.82) is 0 Å². The van der Waals surface area contributed by atoms with E-state index in [1.807, 2.05) is 0 Å². The maximum absolute atomic E-state index is 12.4. The normalized spacial score (nSPS) is 22.5. The van der Waals surface area contributed by atoms with Gasteiger partial charge in [0.1, 0.15) is 0 Å². The average molecular weight is 311 g/mol. The Morgan fingerprint density at radius 3 is 2.62 bits per heavy atom. The van der Waals surface area contributed by atoms with Crippen molar-refractivity contribution in [2.45, 2.75) is 25.8 Å². The van der Waals surface area contributed by atoms with Gasteiger partial charge in [-0.05, 0) is 24.5 Å². The summed E-state index contributed by atoms with van der Waals surface area (Å²) in [5.41, 5.74) is 0.584. The van der Waals surface area contributed by atoms with Gasteiger partial charge in [0.2, 0.25) is 10.0 Å². The van der Waals surface area contributed by atoms with Gasteiger partial charge in [-0.3, -0.25) is 9.78 Å². The van der Waals surface area contributed by atoms with E-state index in [0.717, 1.165) is 19.1 Å². The summed E-state index contributed by atoms with van der Waals surface area (Å²) in [4.78, 5) is 18.0. The van der Waals surface area contributed by atoms with E-state index < -0.39 is 10.0 Å². The molecule has 1 aliphatic rings. The smallest absolute Gasteiger partial charge is 0.254 e. The lowest BCUT2D eigenvalue weighted by Crippen LogP contribution is -2.40. The van der Waals surface area contributed by atoms with Crippen molar-refractivity contribution < 1.29 is 13.2 Å². The highest BCUT2D eigenvalue weighted by Gasteiger charge is 2.36. The Morgan fingerprint density at radius 1 is 1.38 bits per heavy atom. The molecule has 2 rings (SSSR count). The molecular weight excluding hydrogens is 290 g/mol. The topological polar surface area (TPSA) is 79.4 Å². The summed E-state index contributed by atoms with van der Waals surface area (Å²) in [7, 11) is -3.27. The third-order valence-corrected chi connectivity index (χ3v) is 4.41. The van der Waals surface area contributed by atoms with Crippen LogP contribution in [-0.4, -0.2) is 49.6 Å². The van der Waals surface area contributed by atoms with Crippen molar-refractivity contribution in [1.82, 2.24) is 14.6 Å². The van der Waals surface area contributed by atoms with Crippen LogP contribution in [0.1, 0.15) is 30.1 Å². The van der Waals surface area contributed by atoms with Gasteiger partial charge in [-0.15, -0.1) is 0 Å². The molecule has 0 spiro atoms. The number of rotatable bonds is 5. The van der Waals surface area contributed by atoms with Crippen LogP contribution in [-0.2, 0) is 10.0 Å². The lowest BCUT2D eigenvalue weighted by Gasteiger charge is -2.17. The minimum absolute atomic E-state index is 0.0729. The lowest BCUT2D eigenvalue weighted by atomic mass is 9.99. The van der Waals surface area contributed by atoms with Gasteiger partial charge in [0.15, 0.2) is 0 Å². The van der Waals surface area contributed by atoms with Gasteiger partial charge in [-0.1, -0.05) is 13.3 Å². The number of hydrogen-bond acceptors (Lipinski definition) is 4. The molecule has 116 valence electrons. The zero-order valence-electron chi connectivity index (χ0n) is 12.3. The van der Waals surface area contributed by atoms with Crippen LogP contribution in [0.4, 0.5) is 0 Å². The monoisotopic (exact) mass is 311 g/mol.